The highest BCUT2D eigenvalue weighted by Gasteiger charge is 2.15. The van der Waals surface area contributed by atoms with Crippen LogP contribution < -0.4 is 15.5 Å². The van der Waals surface area contributed by atoms with Crippen molar-refractivity contribution in [1.82, 2.24) is 10.3 Å². The van der Waals surface area contributed by atoms with Crippen LogP contribution in [-0.4, -0.2) is 36.6 Å². The predicted octanol–water partition coefficient (Wildman–Crippen LogP) is 2.40. The predicted molar refractivity (Wildman–Crippen MR) is 86.7 cm³/mol. The molecule has 2 heterocycles. The summed E-state index contributed by atoms with van der Waals surface area (Å²) in [6.07, 6.45) is 5.63. The van der Waals surface area contributed by atoms with Crippen molar-refractivity contribution in [1.29, 1.82) is 0 Å². The first-order valence-corrected chi connectivity index (χ1v) is 7.97. The molecule has 1 amide bonds. The minimum absolute atomic E-state index is 0.0705. The Morgan fingerprint density at radius 1 is 1.43 bits per heavy atom. The summed E-state index contributed by atoms with van der Waals surface area (Å²) in [5, 5.41) is 6.33. The molecule has 1 atom stereocenters. The number of nitrogens with one attached hydrogen (secondary N) is 2. The summed E-state index contributed by atoms with van der Waals surface area (Å²) in [6.45, 7) is 7.17. The highest BCUT2D eigenvalue weighted by Crippen LogP contribution is 2.15. The van der Waals surface area contributed by atoms with Crippen molar-refractivity contribution in [3.05, 3.63) is 18.3 Å². The Labute approximate surface area is 127 Å². The molecule has 1 aliphatic rings. The quantitative estimate of drug-likeness (QED) is 0.809. The average molecular weight is 290 g/mol. The Hall–Kier alpha value is -1.62. The molecular weight excluding hydrogens is 264 g/mol. The molecule has 1 saturated heterocycles. The molecule has 0 spiro atoms. The van der Waals surface area contributed by atoms with Crippen LogP contribution in [0.3, 0.4) is 0 Å². The summed E-state index contributed by atoms with van der Waals surface area (Å²) in [6, 6.07) is 4.40. The fourth-order valence-electron chi connectivity index (χ4n) is 2.73. The molecule has 21 heavy (non-hydrogen) atoms. The van der Waals surface area contributed by atoms with Crippen LogP contribution in [0.5, 0.6) is 0 Å². The van der Waals surface area contributed by atoms with E-state index in [0.717, 1.165) is 37.6 Å². The highest BCUT2D eigenvalue weighted by molar-refractivity contribution is 5.90. The maximum Gasteiger partial charge on any atom is 0.224 e. The van der Waals surface area contributed by atoms with Gasteiger partial charge in [0.05, 0.1) is 11.9 Å². The first-order chi connectivity index (χ1) is 10.2. The Morgan fingerprint density at radius 2 is 2.24 bits per heavy atom. The van der Waals surface area contributed by atoms with E-state index in [-0.39, 0.29) is 5.91 Å². The summed E-state index contributed by atoms with van der Waals surface area (Å²) in [5.41, 5.74) is 0.773. The van der Waals surface area contributed by atoms with Crippen molar-refractivity contribution in [3.8, 4) is 0 Å². The zero-order valence-electron chi connectivity index (χ0n) is 13.1. The fourth-order valence-corrected chi connectivity index (χ4v) is 2.73. The Bertz CT molecular complexity index is 436. The minimum Gasteiger partial charge on any atom is -0.357 e. The molecule has 0 aromatic carbocycles. The first-order valence-electron chi connectivity index (χ1n) is 7.97. The van der Waals surface area contributed by atoms with Crippen molar-refractivity contribution in [2.24, 2.45) is 0 Å². The second-order valence-electron chi connectivity index (χ2n) is 5.46. The summed E-state index contributed by atoms with van der Waals surface area (Å²) in [5.74, 6) is 1.02. The topological polar surface area (TPSA) is 57.3 Å². The van der Waals surface area contributed by atoms with Gasteiger partial charge in [-0.3, -0.25) is 4.79 Å². The smallest absolute Gasteiger partial charge is 0.224 e. The molecule has 5 nitrogen and oxygen atoms in total. The van der Waals surface area contributed by atoms with Crippen molar-refractivity contribution in [2.45, 2.75) is 45.6 Å². The van der Waals surface area contributed by atoms with E-state index in [1.807, 2.05) is 12.1 Å². The van der Waals surface area contributed by atoms with Crippen molar-refractivity contribution < 1.29 is 4.79 Å². The van der Waals surface area contributed by atoms with Crippen molar-refractivity contribution in [3.63, 3.8) is 0 Å². The normalized spacial score (nSPS) is 17.7. The zero-order chi connectivity index (χ0) is 15.1. The van der Waals surface area contributed by atoms with E-state index < -0.39 is 0 Å². The molecule has 1 aliphatic heterocycles. The maximum absolute atomic E-state index is 11.9. The van der Waals surface area contributed by atoms with E-state index >= 15 is 0 Å². The molecule has 0 radical (unpaired) electrons. The molecule has 0 bridgehead atoms. The van der Waals surface area contributed by atoms with Gasteiger partial charge in [-0.2, -0.15) is 0 Å². The van der Waals surface area contributed by atoms with Crippen LogP contribution in [0.25, 0.3) is 0 Å². The Morgan fingerprint density at radius 3 is 2.81 bits per heavy atom. The highest BCUT2D eigenvalue weighted by atomic mass is 16.1. The number of amides is 1. The van der Waals surface area contributed by atoms with Crippen LogP contribution in [-0.2, 0) is 4.79 Å². The van der Waals surface area contributed by atoms with Crippen LogP contribution in [0.2, 0.25) is 0 Å². The van der Waals surface area contributed by atoms with E-state index in [1.165, 1.54) is 12.8 Å². The van der Waals surface area contributed by atoms with Gasteiger partial charge in [-0.05, 0) is 51.8 Å². The van der Waals surface area contributed by atoms with Crippen molar-refractivity contribution in [2.75, 3.05) is 29.9 Å². The largest absolute Gasteiger partial charge is 0.357 e. The Kier molecular flexibility index (Phi) is 5.99. The van der Waals surface area contributed by atoms with Gasteiger partial charge in [0.25, 0.3) is 0 Å². The van der Waals surface area contributed by atoms with E-state index in [1.54, 1.807) is 6.20 Å². The molecule has 1 aromatic rings. The number of anilines is 2. The summed E-state index contributed by atoms with van der Waals surface area (Å²) >= 11 is 0. The molecule has 116 valence electrons. The van der Waals surface area contributed by atoms with Crippen LogP contribution >= 0.6 is 0 Å². The second kappa shape index (κ2) is 7.98. The maximum atomic E-state index is 11.9. The SMILES string of the molecule is CCN(CC)c1ccc(NC(=O)CCC2CCCN2)cn1. The average Bonchev–Trinajstić information content (AvgIpc) is 3.01. The van der Waals surface area contributed by atoms with Gasteiger partial charge in [0.2, 0.25) is 5.91 Å². The van der Waals surface area contributed by atoms with Gasteiger partial charge in [-0.25, -0.2) is 4.98 Å². The first kappa shape index (κ1) is 15.8. The number of nitrogens with zero attached hydrogens (tertiary/aromatic N) is 2. The van der Waals surface area contributed by atoms with E-state index in [4.69, 9.17) is 0 Å². The number of aromatic nitrogens is 1. The lowest BCUT2D eigenvalue weighted by Gasteiger charge is -2.19. The molecule has 0 aliphatic carbocycles. The summed E-state index contributed by atoms with van der Waals surface area (Å²) in [7, 11) is 0. The van der Waals surface area contributed by atoms with E-state index in [2.05, 4.69) is 34.4 Å². The van der Waals surface area contributed by atoms with Gasteiger partial charge in [0, 0.05) is 25.6 Å². The van der Waals surface area contributed by atoms with Gasteiger partial charge in [-0.1, -0.05) is 0 Å². The van der Waals surface area contributed by atoms with Gasteiger partial charge in [-0.15, -0.1) is 0 Å². The van der Waals surface area contributed by atoms with Crippen LogP contribution in [0.1, 0.15) is 39.5 Å². The standard InChI is InChI=1S/C16H26N4O/c1-3-20(4-2)15-9-7-14(12-18-15)19-16(21)10-8-13-6-5-11-17-13/h7,9,12-13,17H,3-6,8,10-11H2,1-2H3,(H,19,21). The van der Waals surface area contributed by atoms with Gasteiger partial charge < -0.3 is 15.5 Å². The minimum atomic E-state index is 0.0705. The lowest BCUT2D eigenvalue weighted by atomic mass is 10.1. The molecule has 1 fully saturated rings. The molecule has 1 unspecified atom stereocenters. The van der Waals surface area contributed by atoms with E-state index in [9.17, 15) is 4.79 Å². The lowest BCUT2D eigenvalue weighted by molar-refractivity contribution is -0.116. The zero-order valence-corrected chi connectivity index (χ0v) is 13.1. The van der Waals surface area contributed by atoms with Gasteiger partial charge in [0.1, 0.15) is 5.82 Å². The molecular formula is C16H26N4O. The van der Waals surface area contributed by atoms with Crippen LogP contribution in [0, 0.1) is 0 Å². The summed E-state index contributed by atoms with van der Waals surface area (Å²) < 4.78 is 0. The lowest BCUT2D eigenvalue weighted by Crippen LogP contribution is -2.24. The van der Waals surface area contributed by atoms with Crippen LogP contribution in [0.15, 0.2) is 18.3 Å². The van der Waals surface area contributed by atoms with Gasteiger partial charge in [0.15, 0.2) is 0 Å². The third kappa shape index (κ3) is 4.70. The monoisotopic (exact) mass is 290 g/mol. The molecule has 1 aromatic heterocycles. The molecule has 2 N–H and O–H groups in total. The number of hydrogen-bond donors (Lipinski definition) is 2. The number of pyridine rings is 1. The molecule has 2 rings (SSSR count). The summed E-state index contributed by atoms with van der Waals surface area (Å²) in [4.78, 5) is 18.5. The number of hydrogen-bond acceptors (Lipinski definition) is 4. The molecule has 0 saturated carbocycles. The Balaban J connectivity index is 1.80. The van der Waals surface area contributed by atoms with Gasteiger partial charge >= 0.3 is 0 Å². The van der Waals surface area contributed by atoms with Crippen molar-refractivity contribution >= 4 is 17.4 Å². The van der Waals surface area contributed by atoms with Crippen LogP contribution in [0.4, 0.5) is 11.5 Å². The molecule has 5 heteroatoms. The third-order valence-corrected chi connectivity index (χ3v) is 4.00. The second-order valence-corrected chi connectivity index (χ2v) is 5.46. The third-order valence-electron chi connectivity index (χ3n) is 4.00. The number of carbonyl (C=O) groups is 1. The van der Waals surface area contributed by atoms with E-state index in [0.29, 0.717) is 12.5 Å². The number of rotatable bonds is 7. The fraction of sp³-hybridized carbons (Fsp3) is 0.625. The number of carbonyl (C=O) groups excluding carboxylic acids is 1.